The van der Waals surface area contributed by atoms with E-state index in [2.05, 4.69) is 0 Å². The molecule has 0 aromatic heterocycles. The molecule has 50 heavy (non-hydrogen) atoms. The molecule has 0 spiro atoms. The van der Waals surface area contributed by atoms with E-state index in [-0.39, 0.29) is 23.1 Å². The summed E-state index contributed by atoms with van der Waals surface area (Å²) in [5.74, 6) is -6.20. The number of hydrogen-bond acceptors (Lipinski definition) is 12. The quantitative estimate of drug-likeness (QED) is 0.0918. The Morgan fingerprint density at radius 3 is 2.06 bits per heavy atom. The molecule has 0 aliphatic heterocycles. The first-order chi connectivity index (χ1) is 23.3. The van der Waals surface area contributed by atoms with Crippen LogP contribution in [0.25, 0.3) is 0 Å². The van der Waals surface area contributed by atoms with Crippen LogP contribution in [-0.2, 0) is 42.6 Å². The molecule has 0 radical (unpaired) electrons. The molecule has 2 N–H and O–H groups in total. The molecule has 1 aromatic rings. The van der Waals surface area contributed by atoms with Gasteiger partial charge in [0.1, 0.15) is 24.6 Å². The van der Waals surface area contributed by atoms with Gasteiger partial charge in [0.25, 0.3) is 0 Å². The molecular formula is C37H52O12Si. The average Bonchev–Trinajstić information content (AvgIpc) is 3.07. The van der Waals surface area contributed by atoms with Gasteiger partial charge in [-0.1, -0.05) is 52.8 Å². The van der Waals surface area contributed by atoms with Gasteiger partial charge in [-0.25, -0.2) is 4.79 Å². The van der Waals surface area contributed by atoms with Crippen LogP contribution < -0.4 is 0 Å². The normalized spacial score (nSPS) is 28.5. The lowest BCUT2D eigenvalue weighted by Crippen LogP contribution is -2.72. The number of benzene rings is 1. The number of hydrogen-bond donors (Lipinski definition) is 2. The van der Waals surface area contributed by atoms with Crippen LogP contribution in [0, 0.1) is 16.7 Å². The van der Waals surface area contributed by atoms with Crippen LogP contribution >= 0.6 is 0 Å². The van der Waals surface area contributed by atoms with Gasteiger partial charge in [-0.3, -0.25) is 19.2 Å². The van der Waals surface area contributed by atoms with Crippen molar-refractivity contribution in [3.05, 3.63) is 47.0 Å². The summed E-state index contributed by atoms with van der Waals surface area (Å²) in [5.41, 5.74) is -5.62. The summed E-state index contributed by atoms with van der Waals surface area (Å²) < 4.78 is 24.0. The Hall–Kier alpha value is -3.52. The molecule has 1 fully saturated rings. The van der Waals surface area contributed by atoms with E-state index < -0.39 is 97.6 Å². The number of carbonyl (C=O) groups excluding carboxylic acids is 6. The molecule has 0 unspecified atom stereocenters. The van der Waals surface area contributed by atoms with Crippen molar-refractivity contribution in [1.82, 2.24) is 0 Å². The lowest BCUT2D eigenvalue weighted by molar-refractivity contribution is -0.215. The summed E-state index contributed by atoms with van der Waals surface area (Å²) >= 11 is 0. The summed E-state index contributed by atoms with van der Waals surface area (Å²) in [5, 5.41) is 24.5. The van der Waals surface area contributed by atoms with Crippen LogP contribution in [0.3, 0.4) is 0 Å². The van der Waals surface area contributed by atoms with Crippen molar-refractivity contribution in [3.8, 4) is 0 Å². The highest BCUT2D eigenvalue weighted by atomic mass is 28.4. The monoisotopic (exact) mass is 716 g/mol. The van der Waals surface area contributed by atoms with E-state index in [0.717, 1.165) is 13.8 Å². The van der Waals surface area contributed by atoms with E-state index in [4.69, 9.17) is 18.6 Å². The summed E-state index contributed by atoms with van der Waals surface area (Å²) in [7, 11) is -2.71. The highest BCUT2D eigenvalue weighted by molar-refractivity contribution is 6.73. The molecular weight excluding hydrogens is 664 g/mol. The maximum atomic E-state index is 15.5. The molecule has 0 heterocycles. The molecule has 12 nitrogen and oxygen atoms in total. The van der Waals surface area contributed by atoms with Crippen molar-refractivity contribution < 1.29 is 57.6 Å². The Morgan fingerprint density at radius 1 is 0.980 bits per heavy atom. The third-order valence-corrected chi connectivity index (χ3v) is 15.9. The van der Waals surface area contributed by atoms with E-state index in [9.17, 15) is 34.2 Å². The Bertz CT molecular complexity index is 1490. The third kappa shape index (κ3) is 7.42. The Kier molecular flexibility index (Phi) is 12.9. The van der Waals surface area contributed by atoms with E-state index in [1.165, 1.54) is 19.1 Å². The number of aliphatic hydroxyl groups is 2. The fourth-order valence-corrected chi connectivity index (χ4v) is 10.8. The Labute approximate surface area is 295 Å². The fraction of sp³-hybridized carbons (Fsp3) is 0.622. The highest BCUT2D eigenvalue weighted by Gasteiger charge is 2.70. The number of fused-ring (bicyclic) bond motifs is 2. The lowest BCUT2D eigenvalue weighted by Gasteiger charge is -2.59. The first kappa shape index (κ1) is 40.9. The van der Waals surface area contributed by atoms with Gasteiger partial charge >= 0.3 is 17.9 Å². The number of esters is 3. The van der Waals surface area contributed by atoms with E-state index >= 15 is 4.79 Å². The van der Waals surface area contributed by atoms with Gasteiger partial charge in [-0.15, -0.1) is 0 Å². The second kappa shape index (κ2) is 15.8. The van der Waals surface area contributed by atoms with E-state index in [1.54, 1.807) is 39.0 Å². The first-order valence-corrected chi connectivity index (χ1v) is 19.7. The molecule has 276 valence electrons. The van der Waals surface area contributed by atoms with Crippen LogP contribution in [0.2, 0.25) is 18.1 Å². The van der Waals surface area contributed by atoms with Crippen LogP contribution in [-0.4, -0.2) is 90.9 Å². The molecule has 1 saturated carbocycles. The maximum absolute atomic E-state index is 15.5. The summed E-state index contributed by atoms with van der Waals surface area (Å²) in [4.78, 5) is 81.3. The van der Waals surface area contributed by atoms with Gasteiger partial charge in [0, 0.05) is 32.1 Å². The van der Waals surface area contributed by atoms with Crippen LogP contribution in [0.4, 0.5) is 0 Å². The number of Topliss-reactive ketones (excluding diaryl/α,β-unsaturated/α-hetero) is 2. The molecule has 7 atom stereocenters. The van der Waals surface area contributed by atoms with Crippen LogP contribution in [0.5, 0.6) is 0 Å². The molecule has 2 aliphatic carbocycles. The molecule has 0 saturated heterocycles. The average molecular weight is 717 g/mol. The van der Waals surface area contributed by atoms with Crippen molar-refractivity contribution in [2.24, 2.45) is 16.7 Å². The number of rotatable bonds is 14. The molecule has 2 aliphatic rings. The second-order valence-corrected chi connectivity index (χ2v) is 18.9. The van der Waals surface area contributed by atoms with Gasteiger partial charge in [0.15, 0.2) is 26.0 Å². The topological polar surface area (TPSA) is 180 Å². The minimum absolute atomic E-state index is 0.0753. The number of aliphatic hydroxyl groups excluding tert-OH is 1. The second-order valence-electron chi connectivity index (χ2n) is 14.2. The first-order valence-electron chi connectivity index (χ1n) is 17.2. The summed E-state index contributed by atoms with van der Waals surface area (Å²) in [6, 6.07) is 9.62. The molecule has 3 rings (SSSR count). The highest BCUT2D eigenvalue weighted by Crippen LogP contribution is 2.58. The molecule has 13 heteroatoms. The van der Waals surface area contributed by atoms with E-state index in [1.807, 2.05) is 20.8 Å². The zero-order valence-corrected chi connectivity index (χ0v) is 31.6. The summed E-state index contributed by atoms with van der Waals surface area (Å²) in [6.45, 7) is 13.2. The number of carbonyl (C=O) groups is 6. The molecule has 1 aromatic carbocycles. The van der Waals surface area contributed by atoms with Crippen molar-refractivity contribution in [3.63, 3.8) is 0 Å². The number of ether oxygens (including phenoxy) is 3. The van der Waals surface area contributed by atoms with Gasteiger partial charge < -0.3 is 33.6 Å². The zero-order chi connectivity index (χ0) is 37.8. The number of aldehydes is 1. The molecule has 2 bridgehead atoms. The number of ketones is 2. The lowest BCUT2D eigenvalue weighted by atomic mass is 9.49. The third-order valence-electron chi connectivity index (χ3n) is 11.2. The van der Waals surface area contributed by atoms with Crippen molar-refractivity contribution >= 4 is 44.1 Å². The predicted molar refractivity (Wildman–Crippen MR) is 184 cm³/mol. The Morgan fingerprint density at radius 2 is 1.56 bits per heavy atom. The summed E-state index contributed by atoms with van der Waals surface area (Å²) in [6.07, 6.45) is -6.65. The minimum Gasteiger partial charge on any atom is -0.458 e. The van der Waals surface area contributed by atoms with Gasteiger partial charge in [-0.05, 0) is 55.3 Å². The largest absolute Gasteiger partial charge is 0.458 e. The fourth-order valence-electron chi connectivity index (χ4n) is 7.90. The van der Waals surface area contributed by atoms with Crippen molar-refractivity contribution in [2.45, 2.75) is 123 Å². The zero-order valence-electron chi connectivity index (χ0n) is 30.6. The maximum Gasteiger partial charge on any atom is 0.338 e. The van der Waals surface area contributed by atoms with Gasteiger partial charge in [0.05, 0.1) is 29.1 Å². The standard InChI is InChI=1S/C37H52O12Si/c1-10-50(11-2,12-3)49-28(18-19-38)36(9)30(27(42)21-46-23(5)39)33(48-34(44)25-16-14-13-15-17-25)37(45)20-26(41)22(4)29(35(37,7)8)31(32(36)43)47-24(6)40/h13-17,19,26,28,30-31,33,41,45H,10-12,18,20-21H2,1-9H3/t26-,28-,30-,31+,33-,36+,37+/m0/s1. The van der Waals surface area contributed by atoms with Crippen molar-refractivity contribution in [2.75, 3.05) is 6.61 Å². The predicted octanol–water partition coefficient (Wildman–Crippen LogP) is 4.30. The smallest absolute Gasteiger partial charge is 0.338 e. The Balaban J connectivity index is 2.57. The minimum atomic E-state index is -2.71. The van der Waals surface area contributed by atoms with Gasteiger partial charge in [-0.2, -0.15) is 0 Å². The van der Waals surface area contributed by atoms with E-state index in [0.29, 0.717) is 24.4 Å². The van der Waals surface area contributed by atoms with Crippen LogP contribution in [0.15, 0.2) is 41.5 Å². The van der Waals surface area contributed by atoms with Gasteiger partial charge in [0.2, 0.25) is 0 Å². The van der Waals surface area contributed by atoms with Crippen molar-refractivity contribution in [1.29, 1.82) is 0 Å². The molecule has 0 amide bonds. The SMILES string of the molecule is CC[Si](CC)(CC)O[C@@H](CC=O)[C@@]1(C)C(=O)[C@H](OC(C)=O)C2=C(C)[C@@H](O)C[C@@](O)([C@@H](OC(=O)c3ccccc3)[C@@H]1C(=O)COC(C)=O)C2(C)C. The van der Waals surface area contributed by atoms with Crippen LogP contribution in [0.1, 0.15) is 85.5 Å².